The fourth-order valence-electron chi connectivity index (χ4n) is 2.76. The van der Waals surface area contributed by atoms with Crippen LogP contribution in [0.4, 0.5) is 0 Å². The summed E-state index contributed by atoms with van der Waals surface area (Å²) in [5.74, 6) is 0.817. The van der Waals surface area contributed by atoms with Crippen molar-refractivity contribution >= 4 is 11.7 Å². The van der Waals surface area contributed by atoms with Crippen molar-refractivity contribution in [3.8, 4) is 0 Å². The van der Waals surface area contributed by atoms with Crippen molar-refractivity contribution in [3.05, 3.63) is 0 Å². The van der Waals surface area contributed by atoms with Gasteiger partial charge in [0.1, 0.15) is 0 Å². The van der Waals surface area contributed by atoms with Crippen molar-refractivity contribution in [2.75, 3.05) is 19.6 Å². The highest BCUT2D eigenvalue weighted by Gasteiger charge is 2.36. The maximum atomic E-state index is 12.4. The Hall–Kier alpha value is -0.900. The minimum atomic E-state index is -0.139. The van der Waals surface area contributed by atoms with Crippen LogP contribution in [0.25, 0.3) is 0 Å². The molecule has 1 aliphatic heterocycles. The molecule has 4 heteroatoms. The van der Waals surface area contributed by atoms with Crippen molar-refractivity contribution in [1.82, 2.24) is 9.80 Å². The number of hydrogen-bond acceptors (Lipinski definition) is 3. The van der Waals surface area contributed by atoms with E-state index in [4.69, 9.17) is 0 Å². The zero-order valence-corrected chi connectivity index (χ0v) is 13.8. The topological polar surface area (TPSA) is 40.6 Å². The van der Waals surface area contributed by atoms with E-state index in [2.05, 4.69) is 32.6 Å². The molecule has 0 spiro atoms. The lowest BCUT2D eigenvalue weighted by Gasteiger charge is -2.43. The average molecular weight is 282 g/mol. The smallest absolute Gasteiger partial charge is 0.222 e. The second-order valence-electron chi connectivity index (χ2n) is 6.84. The Balaban J connectivity index is 2.79. The SMILES string of the molecule is CC(C)CC(=O)N1CCN(C(C)C)[C@H](C(=O)C(C)C)C1. The molecule has 1 saturated heterocycles. The zero-order valence-electron chi connectivity index (χ0n) is 13.8. The number of carbonyl (C=O) groups is 2. The Morgan fingerprint density at radius 3 is 2.10 bits per heavy atom. The van der Waals surface area contributed by atoms with E-state index in [1.54, 1.807) is 0 Å². The minimum absolute atomic E-state index is 0.0152. The van der Waals surface area contributed by atoms with Crippen molar-refractivity contribution in [1.29, 1.82) is 0 Å². The maximum Gasteiger partial charge on any atom is 0.222 e. The Morgan fingerprint density at radius 2 is 1.65 bits per heavy atom. The summed E-state index contributed by atoms with van der Waals surface area (Å²) in [7, 11) is 0. The molecule has 0 radical (unpaired) electrons. The van der Waals surface area contributed by atoms with Crippen LogP contribution in [0, 0.1) is 11.8 Å². The number of Topliss-reactive ketones (excluding diaryl/α,β-unsaturated/α-hetero) is 1. The lowest BCUT2D eigenvalue weighted by atomic mass is 9.96. The van der Waals surface area contributed by atoms with Crippen molar-refractivity contribution < 1.29 is 9.59 Å². The van der Waals surface area contributed by atoms with Gasteiger partial charge in [0.25, 0.3) is 0 Å². The number of carbonyl (C=O) groups excluding carboxylic acids is 2. The molecule has 1 aliphatic rings. The Morgan fingerprint density at radius 1 is 1.05 bits per heavy atom. The first-order valence-electron chi connectivity index (χ1n) is 7.81. The number of rotatable bonds is 5. The Kier molecular flexibility index (Phi) is 6.18. The first-order valence-corrected chi connectivity index (χ1v) is 7.81. The number of nitrogens with zero attached hydrogens (tertiary/aromatic N) is 2. The Labute approximate surface area is 123 Å². The molecular weight excluding hydrogens is 252 g/mol. The summed E-state index contributed by atoms with van der Waals surface area (Å²) in [6.45, 7) is 14.3. The fraction of sp³-hybridized carbons (Fsp3) is 0.875. The number of hydrogen-bond donors (Lipinski definition) is 0. The van der Waals surface area contributed by atoms with Crippen molar-refractivity contribution in [3.63, 3.8) is 0 Å². The molecule has 4 nitrogen and oxygen atoms in total. The maximum absolute atomic E-state index is 12.4. The summed E-state index contributed by atoms with van der Waals surface area (Å²) in [5.41, 5.74) is 0. The van der Waals surface area contributed by atoms with Crippen LogP contribution >= 0.6 is 0 Å². The van der Waals surface area contributed by atoms with E-state index in [1.807, 2.05) is 18.7 Å². The molecule has 1 rings (SSSR count). The van der Waals surface area contributed by atoms with Gasteiger partial charge in [0.05, 0.1) is 6.04 Å². The van der Waals surface area contributed by atoms with Gasteiger partial charge in [-0.25, -0.2) is 0 Å². The largest absolute Gasteiger partial charge is 0.339 e. The van der Waals surface area contributed by atoms with Gasteiger partial charge in [-0.2, -0.15) is 0 Å². The van der Waals surface area contributed by atoms with Gasteiger partial charge in [0.2, 0.25) is 5.91 Å². The van der Waals surface area contributed by atoms with Gasteiger partial charge in [-0.3, -0.25) is 14.5 Å². The summed E-state index contributed by atoms with van der Waals surface area (Å²) in [6.07, 6.45) is 0.574. The second-order valence-corrected chi connectivity index (χ2v) is 6.84. The molecule has 0 aromatic heterocycles. The van der Waals surface area contributed by atoms with Gasteiger partial charge in [0.15, 0.2) is 5.78 Å². The van der Waals surface area contributed by atoms with Gasteiger partial charge in [-0.05, 0) is 19.8 Å². The lowest BCUT2D eigenvalue weighted by Crippen LogP contribution is -2.60. The van der Waals surface area contributed by atoms with Crippen LogP contribution in [0.5, 0.6) is 0 Å². The fourth-order valence-corrected chi connectivity index (χ4v) is 2.76. The molecule has 1 fully saturated rings. The predicted molar refractivity (Wildman–Crippen MR) is 81.5 cm³/mol. The molecule has 1 atom stereocenters. The van der Waals surface area contributed by atoms with E-state index in [1.165, 1.54) is 0 Å². The molecule has 20 heavy (non-hydrogen) atoms. The zero-order chi connectivity index (χ0) is 15.4. The first-order chi connectivity index (χ1) is 9.23. The summed E-state index contributed by atoms with van der Waals surface area (Å²) >= 11 is 0. The van der Waals surface area contributed by atoms with Crippen LogP contribution in [0.2, 0.25) is 0 Å². The Bertz CT molecular complexity index is 350. The van der Waals surface area contributed by atoms with Crippen LogP contribution in [0.1, 0.15) is 48.0 Å². The summed E-state index contributed by atoms with van der Waals surface area (Å²) in [6, 6.07) is 0.199. The van der Waals surface area contributed by atoms with E-state index in [0.717, 1.165) is 13.1 Å². The van der Waals surface area contributed by atoms with Gasteiger partial charge in [0, 0.05) is 38.0 Å². The number of ketones is 1. The highest BCUT2D eigenvalue weighted by molar-refractivity contribution is 5.87. The van der Waals surface area contributed by atoms with E-state index in [9.17, 15) is 9.59 Å². The summed E-state index contributed by atoms with van der Waals surface area (Å²) < 4.78 is 0. The van der Waals surface area contributed by atoms with Crippen LogP contribution in [-0.2, 0) is 9.59 Å². The van der Waals surface area contributed by atoms with E-state index in [-0.39, 0.29) is 23.7 Å². The average Bonchev–Trinajstić information content (AvgIpc) is 2.35. The normalized spacial score (nSPS) is 21.1. The minimum Gasteiger partial charge on any atom is -0.339 e. The molecular formula is C16H30N2O2. The van der Waals surface area contributed by atoms with Crippen LogP contribution in [-0.4, -0.2) is 53.2 Å². The van der Waals surface area contributed by atoms with Gasteiger partial charge >= 0.3 is 0 Å². The molecule has 116 valence electrons. The van der Waals surface area contributed by atoms with Crippen molar-refractivity contribution in [2.24, 2.45) is 11.8 Å². The summed E-state index contributed by atoms with van der Waals surface area (Å²) in [4.78, 5) is 28.8. The van der Waals surface area contributed by atoms with Gasteiger partial charge in [-0.1, -0.05) is 27.7 Å². The third-order valence-corrected chi connectivity index (χ3v) is 3.92. The van der Waals surface area contributed by atoms with Crippen molar-refractivity contribution in [2.45, 2.75) is 60.0 Å². The third-order valence-electron chi connectivity index (χ3n) is 3.92. The molecule has 0 N–H and O–H groups in total. The number of amides is 1. The van der Waals surface area contributed by atoms with Crippen LogP contribution in [0.15, 0.2) is 0 Å². The third kappa shape index (κ3) is 4.30. The van der Waals surface area contributed by atoms with Gasteiger partial charge < -0.3 is 4.90 Å². The van der Waals surface area contributed by atoms with Gasteiger partial charge in [-0.15, -0.1) is 0 Å². The summed E-state index contributed by atoms with van der Waals surface area (Å²) in [5, 5.41) is 0. The monoisotopic (exact) mass is 282 g/mol. The quantitative estimate of drug-likeness (QED) is 0.776. The lowest BCUT2D eigenvalue weighted by molar-refractivity contribution is -0.140. The molecule has 1 amide bonds. The highest BCUT2D eigenvalue weighted by atomic mass is 16.2. The molecule has 0 unspecified atom stereocenters. The van der Waals surface area contributed by atoms with E-state index in [0.29, 0.717) is 24.9 Å². The molecule has 0 saturated carbocycles. The highest BCUT2D eigenvalue weighted by Crippen LogP contribution is 2.18. The van der Waals surface area contributed by atoms with E-state index < -0.39 is 0 Å². The standard InChI is InChI=1S/C16H30N2O2/c1-11(2)9-15(19)17-7-8-18(13(5)6)14(10-17)16(20)12(3)4/h11-14H,7-10H2,1-6H3/t14-/m0/s1. The molecule has 0 aromatic rings. The second kappa shape index (κ2) is 7.21. The molecule has 0 aromatic carbocycles. The van der Waals surface area contributed by atoms with Crippen LogP contribution < -0.4 is 0 Å². The van der Waals surface area contributed by atoms with E-state index >= 15 is 0 Å². The molecule has 0 bridgehead atoms. The first kappa shape index (κ1) is 17.2. The van der Waals surface area contributed by atoms with Crippen LogP contribution in [0.3, 0.4) is 0 Å². The molecule has 1 heterocycles. The predicted octanol–water partition coefficient (Wildman–Crippen LogP) is 2.18. The molecule has 0 aliphatic carbocycles. The number of piperazine rings is 1.